The van der Waals surface area contributed by atoms with Crippen molar-refractivity contribution in [3.63, 3.8) is 0 Å². The van der Waals surface area contributed by atoms with Crippen LogP contribution in [0.5, 0.6) is 5.75 Å². The van der Waals surface area contributed by atoms with Gasteiger partial charge >= 0.3 is 0 Å². The van der Waals surface area contributed by atoms with Crippen LogP contribution in [0.3, 0.4) is 0 Å². The lowest BCUT2D eigenvalue weighted by Gasteiger charge is -2.08. The van der Waals surface area contributed by atoms with Gasteiger partial charge in [0.05, 0.1) is 18.2 Å². The molecule has 1 rings (SSSR count). The van der Waals surface area contributed by atoms with Crippen LogP contribution in [0.15, 0.2) is 22.7 Å². The molecule has 0 aromatic heterocycles. The molecule has 2 nitrogen and oxygen atoms in total. The van der Waals surface area contributed by atoms with Gasteiger partial charge in [-0.1, -0.05) is 27.5 Å². The minimum absolute atomic E-state index is 0.495. The molecule has 0 radical (unpaired) electrons. The minimum Gasteiger partial charge on any atom is -0.490 e. The molecule has 84 valence electrons. The predicted molar refractivity (Wildman–Crippen MR) is 69.3 cm³/mol. The Hall–Kier alpha value is 0.1000. The molecule has 0 aliphatic rings. The maximum absolute atomic E-state index is 5.96. The topological polar surface area (TPSA) is 18.5 Å². The molecular formula is C10H12BrClO2S. The van der Waals surface area contributed by atoms with E-state index >= 15 is 0 Å². The average molecular weight is 312 g/mol. The highest BCUT2D eigenvalue weighted by atomic mass is 79.9. The smallest absolute Gasteiger partial charge is 0.138 e. The molecule has 0 heterocycles. The van der Waals surface area contributed by atoms with E-state index in [-0.39, 0.29) is 0 Å². The van der Waals surface area contributed by atoms with E-state index in [2.05, 4.69) is 28.6 Å². The molecule has 0 bridgehead atoms. The van der Waals surface area contributed by atoms with Crippen LogP contribution >= 0.6 is 40.2 Å². The lowest BCUT2D eigenvalue weighted by atomic mass is 10.3. The SMILES string of the molecule is SCCOCCOc1ccc(Br)cc1Cl. The van der Waals surface area contributed by atoms with Crippen LogP contribution in [0, 0.1) is 0 Å². The number of hydrogen-bond donors (Lipinski definition) is 1. The van der Waals surface area contributed by atoms with Crippen molar-refractivity contribution in [3.05, 3.63) is 27.7 Å². The molecule has 0 unspecified atom stereocenters. The summed E-state index contributed by atoms with van der Waals surface area (Å²) in [4.78, 5) is 0. The van der Waals surface area contributed by atoms with Gasteiger partial charge in [0.15, 0.2) is 0 Å². The third kappa shape index (κ3) is 5.11. The predicted octanol–water partition coefficient (Wildman–Crippen LogP) is 3.43. The van der Waals surface area contributed by atoms with Gasteiger partial charge in [-0.15, -0.1) is 0 Å². The van der Waals surface area contributed by atoms with Gasteiger partial charge in [0.2, 0.25) is 0 Å². The zero-order valence-corrected chi connectivity index (χ0v) is 11.3. The van der Waals surface area contributed by atoms with Gasteiger partial charge in [-0.2, -0.15) is 12.6 Å². The molecule has 0 amide bonds. The molecular weight excluding hydrogens is 300 g/mol. The number of thiol groups is 1. The number of rotatable bonds is 6. The highest BCUT2D eigenvalue weighted by molar-refractivity contribution is 9.10. The normalized spacial score (nSPS) is 10.3. The first-order valence-corrected chi connectivity index (χ1v) is 6.31. The van der Waals surface area contributed by atoms with E-state index in [1.807, 2.05) is 12.1 Å². The van der Waals surface area contributed by atoms with E-state index < -0.39 is 0 Å². The summed E-state index contributed by atoms with van der Waals surface area (Å²) in [6.07, 6.45) is 0. The number of benzene rings is 1. The maximum atomic E-state index is 5.96. The average Bonchev–Trinajstić information content (AvgIpc) is 2.20. The van der Waals surface area contributed by atoms with Crippen LogP contribution in [0.4, 0.5) is 0 Å². The summed E-state index contributed by atoms with van der Waals surface area (Å²) in [5.41, 5.74) is 0. The van der Waals surface area contributed by atoms with Crippen molar-refractivity contribution in [1.82, 2.24) is 0 Å². The molecule has 0 saturated heterocycles. The van der Waals surface area contributed by atoms with Crippen molar-refractivity contribution in [2.45, 2.75) is 0 Å². The second-order valence-electron chi connectivity index (χ2n) is 2.76. The Morgan fingerprint density at radius 2 is 2.07 bits per heavy atom. The van der Waals surface area contributed by atoms with Gasteiger partial charge in [0.25, 0.3) is 0 Å². The van der Waals surface area contributed by atoms with Crippen molar-refractivity contribution < 1.29 is 9.47 Å². The van der Waals surface area contributed by atoms with Gasteiger partial charge in [-0.25, -0.2) is 0 Å². The molecule has 5 heteroatoms. The van der Waals surface area contributed by atoms with Gasteiger partial charge < -0.3 is 9.47 Å². The summed E-state index contributed by atoms with van der Waals surface area (Å²) < 4.78 is 11.6. The summed E-state index contributed by atoms with van der Waals surface area (Å²) in [7, 11) is 0. The lowest BCUT2D eigenvalue weighted by Crippen LogP contribution is -2.08. The number of halogens is 2. The summed E-state index contributed by atoms with van der Waals surface area (Å²) >= 11 is 13.3. The summed E-state index contributed by atoms with van der Waals surface area (Å²) in [5.74, 6) is 1.40. The van der Waals surface area contributed by atoms with Crippen LogP contribution in [0.2, 0.25) is 5.02 Å². The Morgan fingerprint density at radius 1 is 1.27 bits per heavy atom. The van der Waals surface area contributed by atoms with Crippen LogP contribution in [0.1, 0.15) is 0 Å². The maximum Gasteiger partial charge on any atom is 0.138 e. The van der Waals surface area contributed by atoms with E-state index in [4.69, 9.17) is 21.1 Å². The molecule has 1 aromatic carbocycles. The highest BCUT2D eigenvalue weighted by Crippen LogP contribution is 2.27. The number of hydrogen-bond acceptors (Lipinski definition) is 3. The van der Waals surface area contributed by atoms with E-state index in [0.717, 1.165) is 10.2 Å². The van der Waals surface area contributed by atoms with Crippen LogP contribution < -0.4 is 4.74 Å². The van der Waals surface area contributed by atoms with Gasteiger partial charge in [0.1, 0.15) is 12.4 Å². The minimum atomic E-state index is 0.495. The first kappa shape index (κ1) is 13.2. The zero-order valence-electron chi connectivity index (χ0n) is 8.08. The fraction of sp³-hybridized carbons (Fsp3) is 0.400. The third-order valence-corrected chi connectivity index (χ3v) is 2.59. The van der Waals surface area contributed by atoms with Crippen molar-refractivity contribution in [3.8, 4) is 5.75 Å². The Bertz CT molecular complexity index is 309. The van der Waals surface area contributed by atoms with Gasteiger partial charge in [-0.3, -0.25) is 0 Å². The molecule has 0 N–H and O–H groups in total. The Morgan fingerprint density at radius 3 is 2.73 bits per heavy atom. The Balaban J connectivity index is 2.31. The summed E-state index contributed by atoms with van der Waals surface area (Å²) in [6, 6.07) is 5.51. The number of ether oxygens (including phenoxy) is 2. The molecule has 0 aliphatic carbocycles. The largest absolute Gasteiger partial charge is 0.490 e. The Labute approximate surface area is 108 Å². The second-order valence-corrected chi connectivity index (χ2v) is 4.53. The standard InChI is InChI=1S/C10H12BrClO2S/c11-8-1-2-10(9(12)7-8)14-4-3-13-5-6-15/h1-2,7,15H,3-6H2. The molecule has 0 spiro atoms. The highest BCUT2D eigenvalue weighted by Gasteiger charge is 2.01. The molecule has 0 fully saturated rings. The fourth-order valence-electron chi connectivity index (χ4n) is 0.969. The van der Waals surface area contributed by atoms with Crippen molar-refractivity contribution in [1.29, 1.82) is 0 Å². The zero-order chi connectivity index (χ0) is 11.1. The summed E-state index contributed by atoms with van der Waals surface area (Å²) in [5, 5.41) is 0.596. The van der Waals surface area contributed by atoms with Gasteiger partial charge in [-0.05, 0) is 18.2 Å². The molecule has 0 saturated carbocycles. The van der Waals surface area contributed by atoms with Crippen molar-refractivity contribution >= 4 is 40.2 Å². The molecule has 0 aliphatic heterocycles. The monoisotopic (exact) mass is 310 g/mol. The van der Waals surface area contributed by atoms with E-state index in [9.17, 15) is 0 Å². The van der Waals surface area contributed by atoms with Crippen LogP contribution in [-0.4, -0.2) is 25.6 Å². The van der Waals surface area contributed by atoms with Crippen LogP contribution in [0.25, 0.3) is 0 Å². The fourth-order valence-corrected chi connectivity index (χ4v) is 1.83. The van der Waals surface area contributed by atoms with Crippen LogP contribution in [-0.2, 0) is 4.74 Å². The third-order valence-electron chi connectivity index (χ3n) is 1.61. The Kier molecular flexibility index (Phi) is 6.48. The van der Waals surface area contributed by atoms with Crippen molar-refractivity contribution in [2.24, 2.45) is 0 Å². The molecule has 15 heavy (non-hydrogen) atoms. The molecule has 1 aromatic rings. The van der Waals surface area contributed by atoms with Crippen molar-refractivity contribution in [2.75, 3.05) is 25.6 Å². The first-order chi connectivity index (χ1) is 7.24. The lowest BCUT2D eigenvalue weighted by molar-refractivity contribution is 0.112. The summed E-state index contributed by atoms with van der Waals surface area (Å²) in [6.45, 7) is 1.68. The second kappa shape index (κ2) is 7.39. The van der Waals surface area contributed by atoms with E-state index in [1.165, 1.54) is 0 Å². The quantitative estimate of drug-likeness (QED) is 0.641. The van der Waals surface area contributed by atoms with E-state index in [1.54, 1.807) is 6.07 Å². The first-order valence-electron chi connectivity index (χ1n) is 4.50. The van der Waals surface area contributed by atoms with E-state index in [0.29, 0.717) is 30.6 Å². The molecule has 0 atom stereocenters. The van der Waals surface area contributed by atoms with Gasteiger partial charge in [0, 0.05) is 10.2 Å².